The zero-order valence-corrected chi connectivity index (χ0v) is 13.1. The van der Waals surface area contributed by atoms with E-state index in [1.54, 1.807) is 11.3 Å². The maximum Gasteiger partial charge on any atom is 0.251 e. The van der Waals surface area contributed by atoms with Crippen LogP contribution < -0.4 is 10.6 Å². The minimum Gasteiger partial charge on any atom is -0.385 e. The standard InChI is InChI=1S/C17H20N2OS/c1-2-12-8-10-21-16(12)11-19-17(20)14-5-3-7-15-13(14)6-4-9-18-15/h3,5,7-8,10,18H,2,4,6,9,11H2,1H3,(H,19,20). The van der Waals surface area contributed by atoms with Crippen LogP contribution in [0.25, 0.3) is 0 Å². The Labute approximate surface area is 129 Å². The molecule has 0 radical (unpaired) electrons. The summed E-state index contributed by atoms with van der Waals surface area (Å²) in [7, 11) is 0. The van der Waals surface area contributed by atoms with Gasteiger partial charge in [-0.15, -0.1) is 11.3 Å². The van der Waals surface area contributed by atoms with Gasteiger partial charge in [0.15, 0.2) is 0 Å². The van der Waals surface area contributed by atoms with Crippen molar-refractivity contribution in [3.63, 3.8) is 0 Å². The highest BCUT2D eigenvalue weighted by Gasteiger charge is 2.17. The molecule has 0 spiro atoms. The Hall–Kier alpha value is -1.81. The summed E-state index contributed by atoms with van der Waals surface area (Å²) in [5, 5.41) is 8.53. The van der Waals surface area contributed by atoms with Crippen LogP contribution in [0.5, 0.6) is 0 Å². The number of amides is 1. The van der Waals surface area contributed by atoms with E-state index >= 15 is 0 Å². The van der Waals surface area contributed by atoms with Crippen LogP contribution in [0.2, 0.25) is 0 Å². The van der Waals surface area contributed by atoms with Gasteiger partial charge in [0.25, 0.3) is 5.91 Å². The molecule has 0 saturated heterocycles. The normalized spacial score (nSPS) is 13.4. The van der Waals surface area contributed by atoms with Crippen LogP contribution in [-0.4, -0.2) is 12.5 Å². The number of nitrogens with one attached hydrogen (secondary N) is 2. The molecule has 3 rings (SSSR count). The predicted octanol–water partition coefficient (Wildman–Crippen LogP) is 3.60. The number of fused-ring (bicyclic) bond motifs is 1. The van der Waals surface area contributed by atoms with Crippen molar-refractivity contribution in [2.75, 3.05) is 11.9 Å². The molecule has 1 aliphatic rings. The van der Waals surface area contributed by atoms with E-state index in [2.05, 4.69) is 35.1 Å². The molecule has 2 aromatic rings. The highest BCUT2D eigenvalue weighted by Crippen LogP contribution is 2.25. The van der Waals surface area contributed by atoms with Gasteiger partial charge in [0.2, 0.25) is 0 Å². The second-order valence-electron chi connectivity index (χ2n) is 5.27. The lowest BCUT2D eigenvalue weighted by Gasteiger charge is -2.20. The van der Waals surface area contributed by atoms with Gasteiger partial charge in [0.1, 0.15) is 0 Å². The van der Waals surface area contributed by atoms with Gasteiger partial charge in [0, 0.05) is 22.7 Å². The average molecular weight is 300 g/mol. The Kier molecular flexibility index (Phi) is 4.25. The molecular weight excluding hydrogens is 280 g/mol. The van der Waals surface area contributed by atoms with Gasteiger partial charge in [0.05, 0.1) is 6.54 Å². The third-order valence-electron chi connectivity index (χ3n) is 3.97. The number of anilines is 1. The number of benzene rings is 1. The number of carbonyl (C=O) groups excluding carboxylic acids is 1. The molecule has 0 saturated carbocycles. The first-order valence-electron chi connectivity index (χ1n) is 7.48. The summed E-state index contributed by atoms with van der Waals surface area (Å²) in [5.74, 6) is 0.0333. The molecular formula is C17H20N2OS. The van der Waals surface area contributed by atoms with Crippen LogP contribution in [0.3, 0.4) is 0 Å². The fraction of sp³-hybridized carbons (Fsp3) is 0.353. The van der Waals surface area contributed by atoms with Crippen molar-refractivity contribution in [1.82, 2.24) is 5.32 Å². The maximum absolute atomic E-state index is 12.5. The molecule has 0 aliphatic carbocycles. The molecule has 21 heavy (non-hydrogen) atoms. The van der Waals surface area contributed by atoms with Gasteiger partial charge >= 0.3 is 0 Å². The minimum absolute atomic E-state index is 0.0333. The third-order valence-corrected chi connectivity index (χ3v) is 4.93. The lowest BCUT2D eigenvalue weighted by Crippen LogP contribution is -2.25. The second-order valence-corrected chi connectivity index (χ2v) is 6.27. The van der Waals surface area contributed by atoms with Crippen molar-refractivity contribution in [3.8, 4) is 0 Å². The Bertz CT molecular complexity index is 648. The van der Waals surface area contributed by atoms with Gasteiger partial charge in [-0.2, -0.15) is 0 Å². The SMILES string of the molecule is CCc1ccsc1CNC(=O)c1cccc2c1CCCN2. The number of thiophene rings is 1. The molecule has 1 aromatic carbocycles. The molecule has 0 atom stereocenters. The smallest absolute Gasteiger partial charge is 0.251 e. The second kappa shape index (κ2) is 6.31. The zero-order valence-electron chi connectivity index (χ0n) is 12.2. The molecule has 4 heteroatoms. The van der Waals surface area contributed by atoms with Crippen LogP contribution in [0.15, 0.2) is 29.6 Å². The van der Waals surface area contributed by atoms with E-state index in [-0.39, 0.29) is 5.91 Å². The van der Waals surface area contributed by atoms with Crippen LogP contribution in [-0.2, 0) is 19.4 Å². The van der Waals surface area contributed by atoms with Crippen molar-refractivity contribution in [2.45, 2.75) is 32.7 Å². The molecule has 0 bridgehead atoms. The minimum atomic E-state index is 0.0333. The van der Waals surface area contributed by atoms with E-state index in [4.69, 9.17) is 0 Å². The number of carbonyl (C=O) groups is 1. The summed E-state index contributed by atoms with van der Waals surface area (Å²) < 4.78 is 0. The summed E-state index contributed by atoms with van der Waals surface area (Å²) in [6.07, 6.45) is 3.08. The first-order valence-corrected chi connectivity index (χ1v) is 8.36. The molecule has 1 amide bonds. The fourth-order valence-electron chi connectivity index (χ4n) is 2.82. The van der Waals surface area contributed by atoms with Crippen molar-refractivity contribution in [2.24, 2.45) is 0 Å². The summed E-state index contributed by atoms with van der Waals surface area (Å²) in [6.45, 7) is 3.76. The van der Waals surface area contributed by atoms with Gasteiger partial charge in [-0.05, 0) is 54.0 Å². The maximum atomic E-state index is 12.5. The number of aryl methyl sites for hydroxylation is 1. The highest BCUT2D eigenvalue weighted by atomic mass is 32.1. The highest BCUT2D eigenvalue weighted by molar-refractivity contribution is 7.10. The molecule has 0 fully saturated rings. The van der Waals surface area contributed by atoms with Crippen LogP contribution in [0.1, 0.15) is 39.7 Å². The van der Waals surface area contributed by atoms with Gasteiger partial charge in [-0.25, -0.2) is 0 Å². The molecule has 2 heterocycles. The number of hydrogen-bond donors (Lipinski definition) is 2. The van der Waals surface area contributed by atoms with E-state index < -0.39 is 0 Å². The molecule has 0 unspecified atom stereocenters. The summed E-state index contributed by atoms with van der Waals surface area (Å²) in [5.41, 5.74) is 4.41. The van der Waals surface area contributed by atoms with Gasteiger partial charge in [-0.3, -0.25) is 4.79 Å². The van der Waals surface area contributed by atoms with E-state index in [9.17, 15) is 4.79 Å². The van der Waals surface area contributed by atoms with E-state index in [1.807, 2.05) is 12.1 Å². The van der Waals surface area contributed by atoms with Crippen molar-refractivity contribution in [3.05, 3.63) is 51.2 Å². The summed E-state index contributed by atoms with van der Waals surface area (Å²) in [4.78, 5) is 13.7. The molecule has 2 N–H and O–H groups in total. The quantitative estimate of drug-likeness (QED) is 0.906. The van der Waals surface area contributed by atoms with Crippen molar-refractivity contribution in [1.29, 1.82) is 0 Å². The third kappa shape index (κ3) is 2.95. The van der Waals surface area contributed by atoms with Crippen LogP contribution in [0, 0.1) is 0 Å². The number of rotatable bonds is 4. The molecule has 3 nitrogen and oxygen atoms in total. The summed E-state index contributed by atoms with van der Waals surface area (Å²) >= 11 is 1.71. The predicted molar refractivity (Wildman–Crippen MR) is 88.1 cm³/mol. The molecule has 110 valence electrons. The van der Waals surface area contributed by atoms with E-state index in [0.29, 0.717) is 6.54 Å². The summed E-state index contributed by atoms with van der Waals surface area (Å²) in [6, 6.07) is 8.07. The molecule has 1 aromatic heterocycles. The lowest BCUT2D eigenvalue weighted by molar-refractivity contribution is 0.0950. The Morgan fingerprint density at radius 3 is 3.14 bits per heavy atom. The Morgan fingerprint density at radius 2 is 2.29 bits per heavy atom. The lowest BCUT2D eigenvalue weighted by atomic mass is 9.97. The first-order chi connectivity index (χ1) is 10.3. The molecule has 1 aliphatic heterocycles. The topological polar surface area (TPSA) is 41.1 Å². The Balaban J connectivity index is 1.74. The van der Waals surface area contributed by atoms with E-state index in [1.165, 1.54) is 10.4 Å². The average Bonchev–Trinajstić information content (AvgIpc) is 2.99. The van der Waals surface area contributed by atoms with Gasteiger partial charge < -0.3 is 10.6 Å². The zero-order chi connectivity index (χ0) is 14.7. The number of hydrogen-bond acceptors (Lipinski definition) is 3. The Morgan fingerprint density at radius 1 is 1.38 bits per heavy atom. The monoisotopic (exact) mass is 300 g/mol. The fourth-order valence-corrected chi connectivity index (χ4v) is 3.73. The van der Waals surface area contributed by atoms with E-state index in [0.717, 1.165) is 42.6 Å². The van der Waals surface area contributed by atoms with Gasteiger partial charge in [-0.1, -0.05) is 13.0 Å². The van der Waals surface area contributed by atoms with Crippen LogP contribution >= 0.6 is 11.3 Å². The first kappa shape index (κ1) is 14.1. The largest absolute Gasteiger partial charge is 0.385 e. The van der Waals surface area contributed by atoms with Crippen molar-refractivity contribution >= 4 is 22.9 Å². The van der Waals surface area contributed by atoms with Crippen LogP contribution in [0.4, 0.5) is 5.69 Å². The van der Waals surface area contributed by atoms with Crippen molar-refractivity contribution < 1.29 is 4.79 Å².